The predicted molar refractivity (Wildman–Crippen MR) is 80.7 cm³/mol. The summed E-state index contributed by atoms with van der Waals surface area (Å²) < 4.78 is 0. The van der Waals surface area contributed by atoms with Gasteiger partial charge in [-0.3, -0.25) is 0 Å². The highest BCUT2D eigenvalue weighted by Gasteiger charge is 2.20. The van der Waals surface area contributed by atoms with Crippen LogP contribution in [0.15, 0.2) is 30.3 Å². The van der Waals surface area contributed by atoms with Gasteiger partial charge in [-0.05, 0) is 29.9 Å². The molecule has 0 aliphatic rings. The molecule has 0 bridgehead atoms. The molecule has 0 saturated heterocycles. The molecule has 18 heavy (non-hydrogen) atoms. The van der Waals surface area contributed by atoms with Crippen molar-refractivity contribution in [1.82, 2.24) is 5.32 Å². The average Bonchev–Trinajstić information content (AvgIpc) is 2.33. The van der Waals surface area contributed by atoms with Crippen LogP contribution in [-0.4, -0.2) is 6.54 Å². The van der Waals surface area contributed by atoms with E-state index < -0.39 is 0 Å². The van der Waals surface area contributed by atoms with Gasteiger partial charge in [0.25, 0.3) is 0 Å². The average molecular weight is 247 g/mol. The Kier molecular flexibility index (Phi) is 5.87. The summed E-state index contributed by atoms with van der Waals surface area (Å²) >= 11 is 0. The zero-order chi connectivity index (χ0) is 13.6. The SMILES string of the molecule is CCC(C)CNC(CC(C)(C)C)c1ccccc1. The second kappa shape index (κ2) is 6.94. The van der Waals surface area contributed by atoms with E-state index in [1.807, 2.05) is 0 Å². The lowest BCUT2D eigenvalue weighted by molar-refractivity contribution is 0.301. The van der Waals surface area contributed by atoms with E-state index in [1.54, 1.807) is 0 Å². The topological polar surface area (TPSA) is 12.0 Å². The summed E-state index contributed by atoms with van der Waals surface area (Å²) in [6.07, 6.45) is 2.41. The highest BCUT2D eigenvalue weighted by atomic mass is 14.9. The fourth-order valence-electron chi connectivity index (χ4n) is 2.09. The van der Waals surface area contributed by atoms with Gasteiger partial charge in [0.15, 0.2) is 0 Å². The molecular formula is C17H29N. The van der Waals surface area contributed by atoms with Gasteiger partial charge in [0.2, 0.25) is 0 Å². The van der Waals surface area contributed by atoms with Crippen molar-refractivity contribution in [2.24, 2.45) is 11.3 Å². The molecule has 0 aromatic heterocycles. The van der Waals surface area contributed by atoms with E-state index in [-0.39, 0.29) is 0 Å². The lowest BCUT2D eigenvalue weighted by Gasteiger charge is -2.28. The number of benzene rings is 1. The summed E-state index contributed by atoms with van der Waals surface area (Å²) in [7, 11) is 0. The summed E-state index contributed by atoms with van der Waals surface area (Å²) in [5.74, 6) is 0.746. The Morgan fingerprint density at radius 1 is 1.11 bits per heavy atom. The minimum atomic E-state index is 0.350. The van der Waals surface area contributed by atoms with E-state index in [0.717, 1.165) is 12.5 Å². The van der Waals surface area contributed by atoms with Gasteiger partial charge in [-0.1, -0.05) is 71.4 Å². The van der Waals surface area contributed by atoms with Gasteiger partial charge in [0.1, 0.15) is 0 Å². The summed E-state index contributed by atoms with van der Waals surface area (Å²) in [6, 6.07) is 11.3. The van der Waals surface area contributed by atoms with E-state index in [9.17, 15) is 0 Å². The van der Waals surface area contributed by atoms with Gasteiger partial charge in [0.05, 0.1) is 0 Å². The highest BCUT2D eigenvalue weighted by molar-refractivity contribution is 5.19. The fraction of sp³-hybridized carbons (Fsp3) is 0.647. The van der Waals surface area contributed by atoms with Crippen molar-refractivity contribution in [3.63, 3.8) is 0 Å². The normalized spacial score (nSPS) is 15.4. The second-order valence-electron chi connectivity index (χ2n) is 6.65. The van der Waals surface area contributed by atoms with Crippen LogP contribution in [0.2, 0.25) is 0 Å². The molecule has 1 aromatic carbocycles. The zero-order valence-corrected chi connectivity index (χ0v) is 12.7. The Balaban J connectivity index is 2.70. The Labute approximate surface area is 113 Å². The van der Waals surface area contributed by atoms with Gasteiger partial charge in [-0.25, -0.2) is 0 Å². The van der Waals surface area contributed by atoms with Gasteiger partial charge in [-0.2, -0.15) is 0 Å². The maximum atomic E-state index is 3.74. The van der Waals surface area contributed by atoms with Gasteiger partial charge < -0.3 is 5.32 Å². The molecule has 1 N–H and O–H groups in total. The largest absolute Gasteiger partial charge is 0.310 e. The first-order valence-corrected chi connectivity index (χ1v) is 7.20. The lowest BCUT2D eigenvalue weighted by atomic mass is 9.85. The Hall–Kier alpha value is -0.820. The predicted octanol–water partition coefficient (Wildman–Crippen LogP) is 4.80. The van der Waals surface area contributed by atoms with Crippen molar-refractivity contribution in [1.29, 1.82) is 0 Å². The molecule has 102 valence electrons. The van der Waals surface area contributed by atoms with Crippen LogP contribution >= 0.6 is 0 Å². The molecule has 1 heteroatoms. The monoisotopic (exact) mass is 247 g/mol. The van der Waals surface area contributed by atoms with E-state index in [2.05, 4.69) is 70.3 Å². The van der Waals surface area contributed by atoms with Crippen molar-refractivity contribution in [2.45, 2.75) is 53.5 Å². The van der Waals surface area contributed by atoms with E-state index in [4.69, 9.17) is 0 Å². The molecule has 0 amide bonds. The van der Waals surface area contributed by atoms with Crippen LogP contribution in [0.25, 0.3) is 0 Å². The molecule has 2 unspecified atom stereocenters. The third-order valence-electron chi connectivity index (χ3n) is 3.43. The zero-order valence-electron chi connectivity index (χ0n) is 12.7. The molecule has 1 rings (SSSR count). The van der Waals surface area contributed by atoms with E-state index >= 15 is 0 Å². The van der Waals surface area contributed by atoms with E-state index in [0.29, 0.717) is 11.5 Å². The van der Waals surface area contributed by atoms with Crippen LogP contribution in [0.3, 0.4) is 0 Å². The Bertz CT molecular complexity index is 323. The van der Waals surface area contributed by atoms with Crippen molar-refractivity contribution in [3.8, 4) is 0 Å². The molecule has 0 saturated carbocycles. The first-order valence-electron chi connectivity index (χ1n) is 7.20. The van der Waals surface area contributed by atoms with Crippen LogP contribution in [0.1, 0.15) is 59.1 Å². The number of hydrogen-bond acceptors (Lipinski definition) is 1. The molecular weight excluding hydrogens is 218 g/mol. The molecule has 1 aromatic rings. The summed E-state index contributed by atoms with van der Waals surface area (Å²) in [5.41, 5.74) is 1.76. The lowest BCUT2D eigenvalue weighted by Crippen LogP contribution is -2.29. The number of nitrogens with one attached hydrogen (secondary N) is 1. The smallest absolute Gasteiger partial charge is 0.0325 e. The van der Waals surface area contributed by atoms with Gasteiger partial charge in [0, 0.05) is 6.04 Å². The van der Waals surface area contributed by atoms with Gasteiger partial charge in [-0.15, -0.1) is 0 Å². The first-order chi connectivity index (χ1) is 8.42. The fourth-order valence-corrected chi connectivity index (χ4v) is 2.09. The Morgan fingerprint density at radius 2 is 1.72 bits per heavy atom. The molecule has 0 heterocycles. The Morgan fingerprint density at radius 3 is 2.22 bits per heavy atom. The van der Waals surface area contributed by atoms with Crippen LogP contribution < -0.4 is 5.32 Å². The maximum absolute atomic E-state index is 3.74. The molecule has 0 fully saturated rings. The second-order valence-corrected chi connectivity index (χ2v) is 6.65. The van der Waals surface area contributed by atoms with Crippen molar-refractivity contribution in [2.75, 3.05) is 6.54 Å². The first kappa shape index (κ1) is 15.2. The summed E-state index contributed by atoms with van der Waals surface area (Å²) in [5, 5.41) is 3.74. The van der Waals surface area contributed by atoms with Gasteiger partial charge >= 0.3 is 0 Å². The molecule has 0 radical (unpaired) electrons. The van der Waals surface area contributed by atoms with Crippen LogP contribution in [0.4, 0.5) is 0 Å². The molecule has 1 nitrogen and oxygen atoms in total. The molecule has 0 aliphatic heterocycles. The molecule has 2 atom stereocenters. The third kappa shape index (κ3) is 5.68. The summed E-state index contributed by atoms with van der Waals surface area (Å²) in [6.45, 7) is 12.6. The minimum Gasteiger partial charge on any atom is -0.310 e. The number of rotatable bonds is 6. The van der Waals surface area contributed by atoms with Crippen molar-refractivity contribution in [3.05, 3.63) is 35.9 Å². The molecule has 0 aliphatic carbocycles. The van der Waals surface area contributed by atoms with E-state index in [1.165, 1.54) is 18.4 Å². The van der Waals surface area contributed by atoms with Crippen molar-refractivity contribution >= 4 is 0 Å². The third-order valence-corrected chi connectivity index (χ3v) is 3.43. The highest BCUT2D eigenvalue weighted by Crippen LogP contribution is 2.29. The molecule has 0 spiro atoms. The quantitative estimate of drug-likeness (QED) is 0.761. The van der Waals surface area contributed by atoms with Crippen molar-refractivity contribution < 1.29 is 0 Å². The standard InChI is InChI=1S/C17H29N/c1-6-14(2)13-18-16(12-17(3,4)5)15-10-8-7-9-11-15/h7-11,14,16,18H,6,12-13H2,1-5H3. The van der Waals surface area contributed by atoms with Crippen LogP contribution in [0, 0.1) is 11.3 Å². The van der Waals surface area contributed by atoms with Crippen LogP contribution in [0.5, 0.6) is 0 Å². The summed E-state index contributed by atoms with van der Waals surface area (Å²) in [4.78, 5) is 0. The van der Waals surface area contributed by atoms with Crippen LogP contribution in [-0.2, 0) is 0 Å². The number of hydrogen-bond donors (Lipinski definition) is 1. The maximum Gasteiger partial charge on any atom is 0.0325 e. The minimum absolute atomic E-state index is 0.350.